The number of fused-ring (bicyclic) bond motifs is 2. The van der Waals surface area contributed by atoms with Gasteiger partial charge in [0.2, 0.25) is 0 Å². The SMILES string of the molecule is O=C1COc2c(cc(Cl)cc2N2CCN(Cc3c(C(=O)O)c4ccccc4c(=O)n3-c3ccccc3)CC2)N1. The molecule has 0 atom stereocenters. The van der Waals surface area contributed by atoms with Crippen LogP contribution in [0.5, 0.6) is 5.75 Å². The van der Waals surface area contributed by atoms with Crippen LogP contribution < -0.4 is 20.5 Å². The third-order valence-electron chi connectivity index (χ3n) is 7.16. The molecule has 0 aliphatic carbocycles. The van der Waals surface area contributed by atoms with E-state index in [0.29, 0.717) is 64.8 Å². The second kappa shape index (κ2) is 10.1. The molecule has 9 nitrogen and oxygen atoms in total. The number of ether oxygens (including phenoxy) is 1. The normalized spacial score (nSPS) is 15.5. The monoisotopic (exact) mass is 544 g/mol. The number of hydrogen-bond acceptors (Lipinski definition) is 6. The van der Waals surface area contributed by atoms with Gasteiger partial charge in [-0.25, -0.2) is 4.79 Å². The zero-order chi connectivity index (χ0) is 27.1. The average molecular weight is 545 g/mol. The third kappa shape index (κ3) is 4.60. The number of halogens is 1. The largest absolute Gasteiger partial charge is 0.479 e. The quantitative estimate of drug-likeness (QED) is 0.391. The number of carboxylic acids is 1. The minimum Gasteiger partial charge on any atom is -0.479 e. The van der Waals surface area contributed by atoms with Crippen molar-refractivity contribution in [2.24, 2.45) is 0 Å². The fraction of sp³-hybridized carbons (Fsp3) is 0.207. The Hall–Kier alpha value is -4.34. The number of piperazine rings is 1. The molecule has 1 amide bonds. The van der Waals surface area contributed by atoms with Crippen LogP contribution in [0.2, 0.25) is 5.02 Å². The van der Waals surface area contributed by atoms with Crippen molar-refractivity contribution in [2.75, 3.05) is 43.0 Å². The molecule has 1 saturated heterocycles. The van der Waals surface area contributed by atoms with Crippen LogP contribution in [0.15, 0.2) is 71.5 Å². The highest BCUT2D eigenvalue weighted by atomic mass is 35.5. The Labute approximate surface area is 228 Å². The molecule has 0 radical (unpaired) electrons. The zero-order valence-electron chi connectivity index (χ0n) is 20.9. The number of amides is 1. The Morgan fingerprint density at radius 3 is 2.36 bits per heavy atom. The number of carbonyl (C=O) groups excluding carboxylic acids is 1. The van der Waals surface area contributed by atoms with E-state index in [1.165, 1.54) is 4.57 Å². The van der Waals surface area contributed by atoms with Crippen molar-refractivity contribution >= 4 is 45.6 Å². The van der Waals surface area contributed by atoms with E-state index >= 15 is 0 Å². The number of rotatable bonds is 5. The van der Waals surface area contributed by atoms with Gasteiger partial charge in [-0.2, -0.15) is 0 Å². The van der Waals surface area contributed by atoms with E-state index in [4.69, 9.17) is 16.3 Å². The molecule has 1 fully saturated rings. The summed E-state index contributed by atoms with van der Waals surface area (Å²) in [6.07, 6.45) is 0. The molecule has 10 heteroatoms. The number of benzene rings is 3. The van der Waals surface area contributed by atoms with Crippen LogP contribution >= 0.6 is 11.6 Å². The maximum Gasteiger partial charge on any atom is 0.338 e. The Morgan fingerprint density at radius 1 is 0.949 bits per heavy atom. The lowest BCUT2D eigenvalue weighted by atomic mass is 10.0. The van der Waals surface area contributed by atoms with Gasteiger partial charge >= 0.3 is 5.97 Å². The van der Waals surface area contributed by atoms with E-state index in [1.54, 1.807) is 30.3 Å². The maximum atomic E-state index is 13.7. The topological polar surface area (TPSA) is 104 Å². The fourth-order valence-corrected chi connectivity index (χ4v) is 5.59. The van der Waals surface area contributed by atoms with Crippen LogP contribution in [0.3, 0.4) is 0 Å². The lowest BCUT2D eigenvalue weighted by Crippen LogP contribution is -2.47. The number of anilines is 2. The first-order chi connectivity index (χ1) is 18.9. The number of nitrogens with one attached hydrogen (secondary N) is 1. The molecule has 1 aromatic heterocycles. The number of para-hydroxylation sites is 1. The van der Waals surface area contributed by atoms with Gasteiger partial charge in [-0.05, 0) is 30.3 Å². The zero-order valence-corrected chi connectivity index (χ0v) is 21.6. The first-order valence-corrected chi connectivity index (χ1v) is 13.0. The maximum absolute atomic E-state index is 13.7. The van der Waals surface area contributed by atoms with Crippen molar-refractivity contribution in [3.05, 3.63) is 93.4 Å². The van der Waals surface area contributed by atoms with Crippen LogP contribution in [-0.2, 0) is 11.3 Å². The molecule has 2 aliphatic heterocycles. The van der Waals surface area contributed by atoms with Gasteiger partial charge in [0.15, 0.2) is 12.4 Å². The van der Waals surface area contributed by atoms with Crippen LogP contribution in [-0.4, -0.2) is 59.2 Å². The summed E-state index contributed by atoms with van der Waals surface area (Å²) >= 11 is 6.34. The highest BCUT2D eigenvalue weighted by molar-refractivity contribution is 6.31. The standard InChI is InChI=1S/C29H25ClN4O5/c30-18-14-22-27(39-17-25(35)31-22)23(15-18)33-12-10-32(11-13-33)16-24-26(29(37)38)20-8-4-5-9-21(20)28(36)34(24)19-6-2-1-3-7-19/h1-9,14-15H,10-13,16-17H2,(H,31,35)(H,37,38). The summed E-state index contributed by atoms with van der Waals surface area (Å²) in [7, 11) is 0. The minimum atomic E-state index is -1.07. The molecule has 0 unspecified atom stereocenters. The second-order valence-electron chi connectivity index (χ2n) is 9.55. The number of nitrogens with zero attached hydrogens (tertiary/aromatic N) is 3. The van der Waals surface area contributed by atoms with Gasteiger partial charge in [0, 0.05) is 54.2 Å². The first-order valence-electron chi connectivity index (χ1n) is 12.6. The van der Waals surface area contributed by atoms with Crippen molar-refractivity contribution < 1.29 is 19.4 Å². The number of pyridine rings is 1. The minimum absolute atomic E-state index is 0.0570. The number of carbonyl (C=O) groups is 2. The lowest BCUT2D eigenvalue weighted by Gasteiger charge is -2.38. The van der Waals surface area contributed by atoms with Gasteiger partial charge in [-0.15, -0.1) is 0 Å². The van der Waals surface area contributed by atoms with Crippen molar-refractivity contribution in [3.63, 3.8) is 0 Å². The molecule has 3 aromatic carbocycles. The number of aromatic nitrogens is 1. The van der Waals surface area contributed by atoms with Crippen LogP contribution in [0.1, 0.15) is 16.1 Å². The van der Waals surface area contributed by atoms with Crippen molar-refractivity contribution in [1.82, 2.24) is 9.47 Å². The molecule has 0 bridgehead atoms. The predicted molar refractivity (Wildman–Crippen MR) is 150 cm³/mol. The Morgan fingerprint density at radius 2 is 1.64 bits per heavy atom. The highest BCUT2D eigenvalue weighted by Crippen LogP contribution is 2.41. The molecular weight excluding hydrogens is 520 g/mol. The molecule has 0 spiro atoms. The van der Waals surface area contributed by atoms with Crippen molar-refractivity contribution in [2.45, 2.75) is 6.54 Å². The van der Waals surface area contributed by atoms with E-state index in [-0.39, 0.29) is 30.2 Å². The molecule has 4 aromatic rings. The summed E-state index contributed by atoms with van der Waals surface area (Å²) in [6, 6.07) is 19.5. The molecule has 6 rings (SSSR count). The molecule has 2 aliphatic rings. The summed E-state index contributed by atoms with van der Waals surface area (Å²) in [4.78, 5) is 42.4. The van der Waals surface area contributed by atoms with Crippen LogP contribution in [0, 0.1) is 0 Å². The van der Waals surface area contributed by atoms with Gasteiger partial charge < -0.3 is 20.1 Å². The van der Waals surface area contributed by atoms with E-state index in [9.17, 15) is 19.5 Å². The molecule has 2 N–H and O–H groups in total. The molecule has 198 valence electrons. The average Bonchev–Trinajstić information content (AvgIpc) is 2.93. The predicted octanol–water partition coefficient (Wildman–Crippen LogP) is 4.00. The first kappa shape index (κ1) is 25.0. The van der Waals surface area contributed by atoms with E-state index in [2.05, 4.69) is 15.1 Å². The van der Waals surface area contributed by atoms with Crippen LogP contribution in [0.25, 0.3) is 16.5 Å². The second-order valence-corrected chi connectivity index (χ2v) is 9.99. The van der Waals surface area contributed by atoms with Gasteiger partial charge in [0.05, 0.1) is 22.6 Å². The van der Waals surface area contributed by atoms with Crippen molar-refractivity contribution in [1.29, 1.82) is 0 Å². The van der Waals surface area contributed by atoms with Gasteiger partial charge in [-0.3, -0.25) is 19.1 Å². The molecule has 0 saturated carbocycles. The van der Waals surface area contributed by atoms with E-state index < -0.39 is 5.97 Å². The Balaban J connectivity index is 1.35. The molecule has 39 heavy (non-hydrogen) atoms. The summed E-state index contributed by atoms with van der Waals surface area (Å²) in [6.45, 7) is 2.69. The summed E-state index contributed by atoms with van der Waals surface area (Å²) < 4.78 is 7.26. The third-order valence-corrected chi connectivity index (χ3v) is 7.38. The molecular formula is C29H25ClN4O5. The smallest absolute Gasteiger partial charge is 0.338 e. The van der Waals surface area contributed by atoms with Crippen molar-refractivity contribution in [3.8, 4) is 11.4 Å². The number of aromatic carboxylic acids is 1. The van der Waals surface area contributed by atoms with E-state index in [0.717, 1.165) is 5.69 Å². The summed E-state index contributed by atoms with van der Waals surface area (Å²) in [5, 5.41) is 14.4. The summed E-state index contributed by atoms with van der Waals surface area (Å²) in [5.41, 5.74) is 2.29. The number of carboxylic acid groups (broad SMARTS) is 1. The highest BCUT2D eigenvalue weighted by Gasteiger charge is 2.28. The number of hydrogen-bond donors (Lipinski definition) is 2. The van der Waals surface area contributed by atoms with Gasteiger partial charge in [0.1, 0.15) is 0 Å². The van der Waals surface area contributed by atoms with Gasteiger partial charge in [0.25, 0.3) is 11.5 Å². The summed E-state index contributed by atoms with van der Waals surface area (Å²) in [5.74, 6) is -0.711. The van der Waals surface area contributed by atoms with Gasteiger partial charge in [-0.1, -0.05) is 48.0 Å². The Bertz CT molecular complexity index is 1660. The van der Waals surface area contributed by atoms with Crippen LogP contribution in [0.4, 0.5) is 11.4 Å². The molecule has 3 heterocycles. The van der Waals surface area contributed by atoms with E-state index in [1.807, 2.05) is 36.4 Å². The Kier molecular flexibility index (Phi) is 6.46. The lowest BCUT2D eigenvalue weighted by molar-refractivity contribution is -0.118. The fourth-order valence-electron chi connectivity index (χ4n) is 5.38.